The number of unbranched alkanes of at least 4 members (excludes halogenated alkanes) is 4. The number of allylic oxidation sites excluding steroid dienone is 1. The molecule has 0 aromatic carbocycles. The molecule has 0 aliphatic heterocycles. The Hall–Kier alpha value is -1.03. The van der Waals surface area contributed by atoms with E-state index in [0.29, 0.717) is 23.2 Å². The fourth-order valence-electron chi connectivity index (χ4n) is 2.06. The highest BCUT2D eigenvalue weighted by Crippen LogP contribution is 2.09. The lowest BCUT2D eigenvalue weighted by atomic mass is 10.2. The van der Waals surface area contributed by atoms with Crippen molar-refractivity contribution in [3.63, 3.8) is 0 Å². The van der Waals surface area contributed by atoms with E-state index in [-0.39, 0.29) is 6.42 Å². The Labute approximate surface area is 117 Å². The van der Waals surface area contributed by atoms with Crippen LogP contribution in [-0.2, 0) is 4.79 Å². The van der Waals surface area contributed by atoms with Crippen molar-refractivity contribution in [2.24, 2.45) is 0 Å². The first-order valence-electron chi connectivity index (χ1n) is 7.29. The average molecular weight is 272 g/mol. The van der Waals surface area contributed by atoms with Crippen molar-refractivity contribution < 1.29 is 19.5 Å². The summed E-state index contributed by atoms with van der Waals surface area (Å²) >= 11 is 0. The standard InChI is InChI=1S/C15H29NO3/c1-4-5-6-7-10-14(17)13-16(2,3)12-9-8-11-15(18)19/h10H,4-9,11-13H2,1-3H3,(H-,17,18,19)/p+1/b14-10-. The Morgan fingerprint density at radius 2 is 1.79 bits per heavy atom. The third kappa shape index (κ3) is 11.8. The molecule has 0 spiro atoms. The van der Waals surface area contributed by atoms with Crippen LogP contribution >= 0.6 is 0 Å². The van der Waals surface area contributed by atoms with Crippen molar-refractivity contribution in [2.75, 3.05) is 27.2 Å². The van der Waals surface area contributed by atoms with Crippen LogP contribution in [0.4, 0.5) is 0 Å². The fourth-order valence-corrected chi connectivity index (χ4v) is 2.06. The number of aliphatic hydroxyl groups excluding tert-OH is 1. The maximum Gasteiger partial charge on any atom is 0.303 e. The van der Waals surface area contributed by atoms with Gasteiger partial charge in [-0.15, -0.1) is 0 Å². The molecule has 0 aliphatic rings. The minimum Gasteiger partial charge on any atom is -0.507 e. The Morgan fingerprint density at radius 1 is 1.11 bits per heavy atom. The van der Waals surface area contributed by atoms with Gasteiger partial charge in [-0.3, -0.25) is 4.79 Å². The lowest BCUT2D eigenvalue weighted by molar-refractivity contribution is -0.887. The van der Waals surface area contributed by atoms with Crippen molar-refractivity contribution in [1.82, 2.24) is 0 Å². The van der Waals surface area contributed by atoms with E-state index in [0.717, 1.165) is 25.8 Å². The van der Waals surface area contributed by atoms with Gasteiger partial charge < -0.3 is 14.7 Å². The van der Waals surface area contributed by atoms with Gasteiger partial charge in [-0.25, -0.2) is 0 Å². The monoisotopic (exact) mass is 272 g/mol. The molecular weight excluding hydrogens is 242 g/mol. The van der Waals surface area contributed by atoms with Crippen LogP contribution in [-0.4, -0.2) is 47.9 Å². The number of carbonyl (C=O) groups is 1. The highest BCUT2D eigenvalue weighted by molar-refractivity contribution is 5.66. The van der Waals surface area contributed by atoms with Gasteiger partial charge in [0.05, 0.1) is 20.6 Å². The first-order chi connectivity index (χ1) is 8.87. The Bertz CT molecular complexity index is 285. The van der Waals surface area contributed by atoms with Crippen molar-refractivity contribution >= 4 is 5.97 Å². The largest absolute Gasteiger partial charge is 0.507 e. The van der Waals surface area contributed by atoms with Crippen molar-refractivity contribution in [3.8, 4) is 0 Å². The smallest absolute Gasteiger partial charge is 0.303 e. The minimum absolute atomic E-state index is 0.235. The lowest BCUT2D eigenvalue weighted by Gasteiger charge is -2.29. The molecule has 0 bridgehead atoms. The molecule has 2 N–H and O–H groups in total. The molecule has 0 fully saturated rings. The molecule has 0 aromatic heterocycles. The summed E-state index contributed by atoms with van der Waals surface area (Å²) in [5, 5.41) is 18.5. The van der Waals surface area contributed by atoms with E-state index in [2.05, 4.69) is 21.0 Å². The number of quaternary nitrogens is 1. The van der Waals surface area contributed by atoms with Gasteiger partial charge in [-0.2, -0.15) is 0 Å². The van der Waals surface area contributed by atoms with Gasteiger partial charge in [-0.05, 0) is 31.8 Å². The average Bonchev–Trinajstić information content (AvgIpc) is 2.29. The molecule has 0 saturated heterocycles. The highest BCUT2D eigenvalue weighted by atomic mass is 16.4. The Balaban J connectivity index is 3.88. The highest BCUT2D eigenvalue weighted by Gasteiger charge is 2.16. The Kier molecular flexibility index (Phi) is 9.31. The molecule has 0 rings (SSSR count). The number of carboxylic acid groups (broad SMARTS) is 1. The van der Waals surface area contributed by atoms with Crippen molar-refractivity contribution in [3.05, 3.63) is 11.8 Å². The second-order valence-corrected chi connectivity index (χ2v) is 5.86. The van der Waals surface area contributed by atoms with Crippen LogP contribution in [0.2, 0.25) is 0 Å². The predicted octanol–water partition coefficient (Wildman–Crippen LogP) is 3.34. The van der Waals surface area contributed by atoms with Gasteiger partial charge in [0.2, 0.25) is 0 Å². The number of aliphatic hydroxyl groups is 1. The van der Waals surface area contributed by atoms with E-state index in [1.165, 1.54) is 12.8 Å². The first kappa shape index (κ1) is 18.0. The molecule has 4 heteroatoms. The summed E-state index contributed by atoms with van der Waals surface area (Å²) in [4.78, 5) is 10.4. The summed E-state index contributed by atoms with van der Waals surface area (Å²) in [5.74, 6) is -0.275. The Morgan fingerprint density at radius 3 is 2.37 bits per heavy atom. The molecule has 0 heterocycles. The zero-order valence-electron chi connectivity index (χ0n) is 12.7. The van der Waals surface area contributed by atoms with E-state index >= 15 is 0 Å². The fraction of sp³-hybridized carbons (Fsp3) is 0.800. The normalized spacial score (nSPS) is 12.7. The zero-order chi connectivity index (χ0) is 14.7. The van der Waals surface area contributed by atoms with E-state index < -0.39 is 5.97 Å². The predicted molar refractivity (Wildman–Crippen MR) is 78.2 cm³/mol. The maximum atomic E-state index is 10.4. The summed E-state index contributed by atoms with van der Waals surface area (Å²) in [6.45, 7) is 3.68. The third-order valence-corrected chi connectivity index (χ3v) is 3.18. The van der Waals surface area contributed by atoms with Gasteiger partial charge >= 0.3 is 5.97 Å². The van der Waals surface area contributed by atoms with Gasteiger partial charge in [0, 0.05) is 6.42 Å². The third-order valence-electron chi connectivity index (χ3n) is 3.18. The maximum absolute atomic E-state index is 10.4. The van der Waals surface area contributed by atoms with E-state index in [9.17, 15) is 9.90 Å². The van der Waals surface area contributed by atoms with Crippen LogP contribution in [0, 0.1) is 0 Å². The number of hydrogen-bond acceptors (Lipinski definition) is 2. The second kappa shape index (κ2) is 9.84. The summed E-state index contributed by atoms with van der Waals surface area (Å²) in [5.41, 5.74) is 0. The van der Waals surface area contributed by atoms with Crippen molar-refractivity contribution in [2.45, 2.75) is 51.9 Å². The number of carboxylic acids is 1. The summed E-state index contributed by atoms with van der Waals surface area (Å²) in [7, 11) is 4.13. The van der Waals surface area contributed by atoms with Crippen LogP contribution in [0.3, 0.4) is 0 Å². The van der Waals surface area contributed by atoms with E-state index in [1.54, 1.807) is 0 Å². The molecule has 4 nitrogen and oxygen atoms in total. The zero-order valence-corrected chi connectivity index (χ0v) is 12.7. The number of hydrogen-bond donors (Lipinski definition) is 2. The summed E-state index contributed by atoms with van der Waals surface area (Å²) < 4.78 is 0.704. The van der Waals surface area contributed by atoms with Crippen LogP contribution in [0.5, 0.6) is 0 Å². The first-order valence-corrected chi connectivity index (χ1v) is 7.29. The van der Waals surface area contributed by atoms with Gasteiger partial charge in [0.1, 0.15) is 12.3 Å². The molecule has 0 unspecified atom stereocenters. The molecule has 0 aliphatic carbocycles. The quantitative estimate of drug-likeness (QED) is 0.344. The molecule has 112 valence electrons. The molecule has 19 heavy (non-hydrogen) atoms. The van der Waals surface area contributed by atoms with Crippen molar-refractivity contribution in [1.29, 1.82) is 0 Å². The number of likely N-dealkylation sites (N-methyl/N-ethyl adjacent to an activating group) is 1. The number of rotatable bonds is 11. The lowest BCUT2D eigenvalue weighted by Crippen LogP contribution is -2.42. The van der Waals surface area contributed by atoms with Gasteiger partial charge in [-0.1, -0.05) is 19.8 Å². The molecule has 0 radical (unpaired) electrons. The molecule has 0 aromatic rings. The number of nitrogens with zero attached hydrogens (tertiary/aromatic N) is 1. The van der Waals surface area contributed by atoms with Crippen LogP contribution in [0.15, 0.2) is 11.8 Å². The molecular formula is C15H30NO3+. The summed E-state index contributed by atoms with van der Waals surface area (Å²) in [6, 6.07) is 0. The molecule has 0 atom stereocenters. The molecule has 0 amide bonds. The van der Waals surface area contributed by atoms with E-state index in [1.807, 2.05) is 6.08 Å². The van der Waals surface area contributed by atoms with Crippen LogP contribution in [0.1, 0.15) is 51.9 Å². The topological polar surface area (TPSA) is 57.5 Å². The molecule has 0 saturated carbocycles. The second-order valence-electron chi connectivity index (χ2n) is 5.86. The van der Waals surface area contributed by atoms with Crippen LogP contribution < -0.4 is 0 Å². The minimum atomic E-state index is -0.732. The van der Waals surface area contributed by atoms with Gasteiger partial charge in [0.25, 0.3) is 0 Å². The van der Waals surface area contributed by atoms with Crippen LogP contribution in [0.25, 0.3) is 0 Å². The summed E-state index contributed by atoms with van der Waals surface area (Å²) in [6.07, 6.45) is 8.22. The van der Waals surface area contributed by atoms with E-state index in [4.69, 9.17) is 5.11 Å². The number of aliphatic carboxylic acids is 1. The SMILES string of the molecule is CCCCC/C=C(\O)C[N+](C)(C)CCCCC(=O)O. The van der Waals surface area contributed by atoms with Gasteiger partial charge in [0.15, 0.2) is 0 Å².